The Morgan fingerprint density at radius 1 is 1.22 bits per heavy atom. The number of hydrogen-bond donors (Lipinski definition) is 1. The van der Waals surface area contributed by atoms with Crippen molar-refractivity contribution >= 4 is 15.9 Å². The first kappa shape index (κ1) is 15.7. The predicted molar refractivity (Wildman–Crippen MR) is 78.7 cm³/mol. The second kappa shape index (κ2) is 7.27. The fourth-order valence-corrected chi connectivity index (χ4v) is 2.01. The highest BCUT2D eigenvalue weighted by molar-refractivity contribution is 9.10. The van der Waals surface area contributed by atoms with Crippen molar-refractivity contribution in [1.82, 2.24) is 0 Å². The zero-order valence-electron chi connectivity index (χ0n) is 11.4. The third-order valence-electron chi connectivity index (χ3n) is 2.76. The third kappa shape index (κ3) is 6.53. The molecule has 1 unspecified atom stereocenters. The van der Waals surface area contributed by atoms with Gasteiger partial charge in [-0.15, -0.1) is 0 Å². The summed E-state index contributed by atoms with van der Waals surface area (Å²) >= 11 is 3.42. The lowest BCUT2D eigenvalue weighted by Crippen LogP contribution is -2.22. The van der Waals surface area contributed by atoms with Crippen LogP contribution in [0.3, 0.4) is 0 Å². The molecule has 0 amide bonds. The van der Waals surface area contributed by atoms with E-state index in [2.05, 4.69) is 48.8 Å². The Morgan fingerprint density at radius 3 is 2.33 bits per heavy atom. The minimum absolute atomic E-state index is 0.0996. The molecule has 0 saturated heterocycles. The van der Waals surface area contributed by atoms with Gasteiger partial charge in [0.2, 0.25) is 0 Å². The highest BCUT2D eigenvalue weighted by atomic mass is 79.9. The summed E-state index contributed by atoms with van der Waals surface area (Å²) in [4.78, 5) is 0. The molecule has 1 N–H and O–H groups in total. The number of benzene rings is 1. The smallest absolute Gasteiger partial charge is 0.0598 e. The first-order chi connectivity index (χ1) is 8.40. The van der Waals surface area contributed by atoms with Gasteiger partial charge in [-0.25, -0.2) is 0 Å². The molecule has 1 atom stereocenters. The van der Waals surface area contributed by atoms with Crippen LogP contribution in [0.5, 0.6) is 0 Å². The Balaban J connectivity index is 2.40. The maximum Gasteiger partial charge on any atom is 0.0598 e. The lowest BCUT2D eigenvalue weighted by atomic mass is 9.97. The van der Waals surface area contributed by atoms with E-state index < -0.39 is 0 Å². The fraction of sp³-hybridized carbons (Fsp3) is 0.600. The first-order valence-corrected chi connectivity index (χ1v) is 7.19. The molecule has 0 radical (unpaired) electrons. The van der Waals surface area contributed by atoms with Crippen molar-refractivity contribution in [2.45, 2.75) is 39.2 Å². The molecule has 3 heteroatoms. The van der Waals surface area contributed by atoms with Crippen LogP contribution < -0.4 is 0 Å². The largest absolute Gasteiger partial charge is 0.396 e. The first-order valence-electron chi connectivity index (χ1n) is 6.40. The van der Waals surface area contributed by atoms with E-state index in [-0.39, 0.29) is 18.1 Å². The molecule has 18 heavy (non-hydrogen) atoms. The minimum Gasteiger partial charge on any atom is -0.396 e. The predicted octanol–water partition coefficient (Wildman–Crippen LogP) is 3.81. The van der Waals surface area contributed by atoms with Crippen LogP contribution in [-0.2, 0) is 11.2 Å². The summed E-state index contributed by atoms with van der Waals surface area (Å²) in [7, 11) is 0. The summed E-state index contributed by atoms with van der Waals surface area (Å²) in [6.07, 6.45) is 1.79. The molecule has 0 bridgehead atoms. The molecule has 0 fully saturated rings. The van der Waals surface area contributed by atoms with Crippen LogP contribution in [0.4, 0.5) is 0 Å². The van der Waals surface area contributed by atoms with E-state index in [0.29, 0.717) is 6.61 Å². The van der Waals surface area contributed by atoms with E-state index in [1.54, 1.807) is 0 Å². The van der Waals surface area contributed by atoms with Crippen molar-refractivity contribution in [2.24, 2.45) is 5.92 Å². The van der Waals surface area contributed by atoms with E-state index in [4.69, 9.17) is 4.74 Å². The molecule has 0 heterocycles. The molecule has 0 spiro atoms. The second-order valence-corrected chi connectivity index (χ2v) is 6.54. The maximum atomic E-state index is 9.41. The molecular formula is C15H23BrO2. The number of halogens is 1. The quantitative estimate of drug-likeness (QED) is 0.865. The molecule has 1 aromatic carbocycles. The molecule has 1 rings (SSSR count). The maximum absolute atomic E-state index is 9.41. The monoisotopic (exact) mass is 314 g/mol. The number of hydrogen-bond acceptors (Lipinski definition) is 2. The summed E-state index contributed by atoms with van der Waals surface area (Å²) in [5, 5.41) is 9.41. The fourth-order valence-electron chi connectivity index (χ4n) is 1.74. The molecule has 2 nitrogen and oxygen atoms in total. The molecule has 0 aliphatic rings. The Bertz CT molecular complexity index is 341. The van der Waals surface area contributed by atoms with Gasteiger partial charge >= 0.3 is 0 Å². The number of aliphatic hydroxyl groups excluding tert-OH is 1. The molecule has 1 aromatic rings. The van der Waals surface area contributed by atoms with Crippen LogP contribution in [0.1, 0.15) is 32.8 Å². The molecule has 102 valence electrons. The van der Waals surface area contributed by atoms with E-state index in [1.165, 1.54) is 5.56 Å². The molecule has 0 aliphatic carbocycles. The number of rotatable bonds is 6. The van der Waals surface area contributed by atoms with Gasteiger partial charge < -0.3 is 9.84 Å². The second-order valence-electron chi connectivity index (χ2n) is 5.63. The van der Waals surface area contributed by atoms with Crippen LogP contribution >= 0.6 is 15.9 Å². The normalized spacial score (nSPS) is 13.6. The summed E-state index contributed by atoms with van der Waals surface area (Å²) in [5.41, 5.74) is 1.16. The summed E-state index contributed by atoms with van der Waals surface area (Å²) in [6, 6.07) is 8.26. The summed E-state index contributed by atoms with van der Waals surface area (Å²) < 4.78 is 6.79. The van der Waals surface area contributed by atoms with Crippen molar-refractivity contribution < 1.29 is 9.84 Å². The van der Waals surface area contributed by atoms with E-state index in [0.717, 1.165) is 17.3 Å². The van der Waals surface area contributed by atoms with Crippen LogP contribution in [0.15, 0.2) is 28.7 Å². The van der Waals surface area contributed by atoms with Crippen LogP contribution in [-0.4, -0.2) is 23.9 Å². The number of ether oxygens (including phenoxy) is 1. The lowest BCUT2D eigenvalue weighted by molar-refractivity contribution is -0.0121. The minimum atomic E-state index is -0.0996. The summed E-state index contributed by atoms with van der Waals surface area (Å²) in [6.45, 7) is 7.07. The Hall–Kier alpha value is -0.380. The van der Waals surface area contributed by atoms with Gasteiger partial charge in [-0.1, -0.05) is 28.1 Å². The molecular weight excluding hydrogens is 292 g/mol. The van der Waals surface area contributed by atoms with Crippen molar-refractivity contribution in [3.05, 3.63) is 34.3 Å². The standard InChI is InChI=1S/C15H23BrO2/c1-15(2,3)18-9-8-13(11-17)10-12-4-6-14(16)7-5-12/h4-7,13,17H,8-11H2,1-3H3. The zero-order chi connectivity index (χ0) is 13.6. The average molecular weight is 315 g/mol. The van der Waals surface area contributed by atoms with Crippen molar-refractivity contribution in [3.63, 3.8) is 0 Å². The Morgan fingerprint density at radius 2 is 1.83 bits per heavy atom. The van der Waals surface area contributed by atoms with Gasteiger partial charge in [0.1, 0.15) is 0 Å². The van der Waals surface area contributed by atoms with Crippen LogP contribution in [0.2, 0.25) is 0 Å². The van der Waals surface area contributed by atoms with Gasteiger partial charge in [-0.05, 0) is 57.2 Å². The van der Waals surface area contributed by atoms with Crippen molar-refractivity contribution in [3.8, 4) is 0 Å². The van der Waals surface area contributed by atoms with Gasteiger partial charge in [0, 0.05) is 17.7 Å². The third-order valence-corrected chi connectivity index (χ3v) is 3.29. The number of aliphatic hydroxyl groups is 1. The van der Waals surface area contributed by atoms with Gasteiger partial charge in [0.15, 0.2) is 0 Å². The topological polar surface area (TPSA) is 29.5 Å². The van der Waals surface area contributed by atoms with Crippen LogP contribution in [0.25, 0.3) is 0 Å². The lowest BCUT2D eigenvalue weighted by Gasteiger charge is -2.21. The van der Waals surface area contributed by atoms with E-state index in [9.17, 15) is 5.11 Å². The van der Waals surface area contributed by atoms with Gasteiger partial charge in [-0.2, -0.15) is 0 Å². The van der Waals surface area contributed by atoms with Gasteiger partial charge in [0.25, 0.3) is 0 Å². The van der Waals surface area contributed by atoms with E-state index >= 15 is 0 Å². The molecule has 0 saturated carbocycles. The van der Waals surface area contributed by atoms with Gasteiger partial charge in [0.05, 0.1) is 5.60 Å². The average Bonchev–Trinajstić information content (AvgIpc) is 2.29. The van der Waals surface area contributed by atoms with Crippen molar-refractivity contribution in [2.75, 3.05) is 13.2 Å². The highest BCUT2D eigenvalue weighted by Crippen LogP contribution is 2.17. The highest BCUT2D eigenvalue weighted by Gasteiger charge is 2.13. The summed E-state index contributed by atoms with van der Waals surface area (Å²) in [5.74, 6) is 0.272. The van der Waals surface area contributed by atoms with Gasteiger partial charge in [-0.3, -0.25) is 0 Å². The molecule has 0 aliphatic heterocycles. The van der Waals surface area contributed by atoms with Crippen LogP contribution in [0, 0.1) is 5.92 Å². The molecule has 0 aromatic heterocycles. The van der Waals surface area contributed by atoms with Crippen molar-refractivity contribution in [1.29, 1.82) is 0 Å². The Kier molecular flexibility index (Phi) is 6.33. The zero-order valence-corrected chi connectivity index (χ0v) is 13.0. The van der Waals surface area contributed by atoms with E-state index in [1.807, 2.05) is 12.1 Å². The SMILES string of the molecule is CC(C)(C)OCCC(CO)Cc1ccc(Br)cc1. The Labute approximate surface area is 118 Å².